The zero-order valence-corrected chi connectivity index (χ0v) is 10.0. The van der Waals surface area contributed by atoms with E-state index in [4.69, 9.17) is 3.32 Å². The maximum absolute atomic E-state index is 5.71. The molecule has 2 rings (SSSR count). The zero-order chi connectivity index (χ0) is 8.93. The van der Waals surface area contributed by atoms with Crippen LogP contribution in [0.2, 0.25) is 0 Å². The van der Waals surface area contributed by atoms with Crippen molar-refractivity contribution in [3.63, 3.8) is 0 Å². The van der Waals surface area contributed by atoms with Gasteiger partial charge < -0.3 is 0 Å². The molecule has 72 valence electrons. The van der Waals surface area contributed by atoms with Gasteiger partial charge in [-0.2, -0.15) is 0 Å². The number of para-hydroxylation sites is 1. The van der Waals surface area contributed by atoms with Crippen LogP contribution in [0.15, 0.2) is 52.4 Å². The van der Waals surface area contributed by atoms with Crippen molar-refractivity contribution < 1.29 is 22.9 Å². The Labute approximate surface area is 99.7 Å². The fraction of sp³-hybridized carbons (Fsp3) is 0.0909. The second-order valence-electron chi connectivity index (χ2n) is 2.84. The normalized spacial score (nSPS) is 13.0. The van der Waals surface area contributed by atoms with E-state index in [0.717, 1.165) is 12.2 Å². The van der Waals surface area contributed by atoms with Crippen molar-refractivity contribution in [2.75, 3.05) is 0 Å². The Morgan fingerprint density at radius 2 is 1.93 bits per heavy atom. The van der Waals surface area contributed by atoms with Crippen molar-refractivity contribution in [2.45, 2.75) is 6.42 Å². The van der Waals surface area contributed by atoms with Crippen molar-refractivity contribution in [1.29, 1.82) is 0 Å². The first-order valence-corrected chi connectivity index (χ1v) is 5.70. The van der Waals surface area contributed by atoms with Gasteiger partial charge in [0.15, 0.2) is 0 Å². The Bertz CT molecular complexity index is 332. The van der Waals surface area contributed by atoms with E-state index in [9.17, 15) is 0 Å². The van der Waals surface area contributed by atoms with Gasteiger partial charge in [0.2, 0.25) is 0 Å². The molecule has 14 heavy (non-hydrogen) atoms. The first-order valence-electron chi connectivity index (χ1n) is 4.29. The minimum atomic E-state index is -0.390. The number of benzene rings is 1. The summed E-state index contributed by atoms with van der Waals surface area (Å²) in [7, 11) is 0. The molecule has 3 heteroatoms. The molecule has 0 atom stereocenters. The van der Waals surface area contributed by atoms with Crippen molar-refractivity contribution in [1.82, 2.24) is 0 Å². The molecule has 0 N–H and O–H groups in total. The van der Waals surface area contributed by atoms with Crippen LogP contribution in [0, 0.1) is 0 Å². The molecule has 0 amide bonds. The first-order chi connectivity index (χ1) is 6.45. The van der Waals surface area contributed by atoms with Gasteiger partial charge in [-0.25, -0.2) is 0 Å². The van der Waals surface area contributed by atoms with E-state index in [1.807, 2.05) is 30.3 Å². The summed E-state index contributed by atoms with van der Waals surface area (Å²) >= 11 is -0.390. The Balaban J connectivity index is 0.000000980. The molecule has 1 aromatic carbocycles. The number of halogens is 1. The van der Waals surface area contributed by atoms with E-state index in [-0.39, 0.29) is 12.4 Å². The molecule has 0 radical (unpaired) electrons. The molecule has 0 unspecified atom stereocenters. The summed E-state index contributed by atoms with van der Waals surface area (Å²) in [6.07, 6.45) is 7.54. The molecule has 1 aliphatic rings. The average Bonchev–Trinajstić information content (AvgIpc) is 2.69. The Morgan fingerprint density at radius 1 is 1.14 bits per heavy atom. The minimum absolute atomic E-state index is 0. The number of hydrogen-bond donors (Lipinski definition) is 0. The van der Waals surface area contributed by atoms with Gasteiger partial charge in [0, 0.05) is 0 Å². The third-order valence-corrected chi connectivity index (χ3v) is 3.33. The molecule has 0 fully saturated rings. The molecular formula is C11H11ClOTi. The van der Waals surface area contributed by atoms with E-state index in [1.165, 1.54) is 3.88 Å². The van der Waals surface area contributed by atoms with Crippen LogP contribution in [0.1, 0.15) is 6.42 Å². The summed E-state index contributed by atoms with van der Waals surface area (Å²) in [6.45, 7) is 0. The van der Waals surface area contributed by atoms with Gasteiger partial charge >= 0.3 is 87.5 Å². The fourth-order valence-corrected chi connectivity index (χ4v) is 2.31. The monoisotopic (exact) mass is 242 g/mol. The van der Waals surface area contributed by atoms with Crippen LogP contribution in [0.3, 0.4) is 0 Å². The summed E-state index contributed by atoms with van der Waals surface area (Å²) in [6, 6.07) is 10.0. The Morgan fingerprint density at radius 3 is 2.57 bits per heavy atom. The van der Waals surface area contributed by atoms with Gasteiger partial charge in [-0.3, -0.25) is 0 Å². The third kappa shape index (κ3) is 3.34. The first kappa shape index (κ1) is 11.6. The summed E-state index contributed by atoms with van der Waals surface area (Å²) in [5.74, 6) is 0.996. The second-order valence-corrected chi connectivity index (χ2v) is 4.48. The molecular weight excluding hydrogens is 231 g/mol. The molecule has 1 aromatic rings. The maximum Gasteiger partial charge on any atom is -0.147 e. The predicted molar refractivity (Wildman–Crippen MR) is 56.2 cm³/mol. The van der Waals surface area contributed by atoms with Gasteiger partial charge in [0.05, 0.1) is 0 Å². The van der Waals surface area contributed by atoms with E-state index >= 15 is 0 Å². The maximum atomic E-state index is 5.71. The molecule has 0 saturated heterocycles. The standard InChI is InChI=1S/C6H6O.C5H5.ClH.Ti/c7-6-4-2-1-3-5-6;1-2-4-5-3-1;;/h1-5,7H;1-3H,4H2;1H;/q;;;+1/p-1. The van der Waals surface area contributed by atoms with E-state index in [1.54, 1.807) is 0 Å². The molecule has 0 spiro atoms. The van der Waals surface area contributed by atoms with Crippen LogP contribution in [0.25, 0.3) is 0 Å². The molecule has 0 bridgehead atoms. The van der Waals surface area contributed by atoms with Crippen LogP contribution in [-0.4, -0.2) is 0 Å². The number of hydrogen-bond acceptors (Lipinski definition) is 1. The fourth-order valence-electron chi connectivity index (χ4n) is 1.14. The molecule has 0 heterocycles. The summed E-state index contributed by atoms with van der Waals surface area (Å²) in [4.78, 5) is 0. The van der Waals surface area contributed by atoms with Crippen LogP contribution in [0.4, 0.5) is 0 Å². The average molecular weight is 243 g/mol. The smallest absolute Gasteiger partial charge is 0.147 e. The number of allylic oxidation sites excluding steroid dienone is 4. The predicted octanol–water partition coefficient (Wildman–Crippen LogP) is 3.33. The van der Waals surface area contributed by atoms with Crippen molar-refractivity contribution >= 4 is 12.4 Å². The molecule has 1 aliphatic carbocycles. The van der Waals surface area contributed by atoms with Crippen LogP contribution in [-0.2, 0) is 19.5 Å². The molecule has 1 nitrogen and oxygen atoms in total. The van der Waals surface area contributed by atoms with Gasteiger partial charge in [-0.15, -0.1) is 12.4 Å². The summed E-state index contributed by atoms with van der Waals surface area (Å²) in [5, 5.41) is 0. The summed E-state index contributed by atoms with van der Waals surface area (Å²) in [5.41, 5.74) is 0. The molecule has 0 saturated carbocycles. The second kappa shape index (κ2) is 6.08. The quantitative estimate of drug-likeness (QED) is 0.739. The van der Waals surface area contributed by atoms with Gasteiger partial charge in [0.25, 0.3) is 0 Å². The van der Waals surface area contributed by atoms with Crippen LogP contribution < -0.4 is 3.32 Å². The third-order valence-electron chi connectivity index (χ3n) is 1.81. The van der Waals surface area contributed by atoms with Gasteiger partial charge in [-0.05, 0) is 0 Å². The minimum Gasteiger partial charge on any atom is -0.147 e. The molecule has 0 aromatic heterocycles. The Kier molecular flexibility index (Phi) is 5.02. The SMILES string of the molecule is C1=CC[C]([Ti][O]c2ccccc2)=C1.Cl. The van der Waals surface area contributed by atoms with Crippen molar-refractivity contribution in [3.05, 3.63) is 52.4 Å². The van der Waals surface area contributed by atoms with E-state index in [0.29, 0.717) is 0 Å². The van der Waals surface area contributed by atoms with Gasteiger partial charge in [0.1, 0.15) is 0 Å². The summed E-state index contributed by atoms with van der Waals surface area (Å²) < 4.78 is 7.17. The number of rotatable bonds is 3. The van der Waals surface area contributed by atoms with Gasteiger partial charge in [-0.1, -0.05) is 0 Å². The topological polar surface area (TPSA) is 9.23 Å². The van der Waals surface area contributed by atoms with Crippen molar-refractivity contribution in [3.8, 4) is 5.75 Å². The van der Waals surface area contributed by atoms with E-state index < -0.39 is 19.5 Å². The van der Waals surface area contributed by atoms with Crippen molar-refractivity contribution in [2.24, 2.45) is 0 Å². The van der Waals surface area contributed by atoms with Crippen LogP contribution >= 0.6 is 12.4 Å². The van der Waals surface area contributed by atoms with Crippen LogP contribution in [0.5, 0.6) is 5.75 Å². The zero-order valence-electron chi connectivity index (χ0n) is 7.64. The van der Waals surface area contributed by atoms with E-state index in [2.05, 4.69) is 18.2 Å². The Hall–Kier alpha value is -0.496. The molecule has 0 aliphatic heterocycles. The largest absolute Gasteiger partial charge is 0.147 e.